The largest absolute Gasteiger partial charge is 0.481 e. The number of carboxylic acid groups (broad SMARTS) is 1. The molecule has 3 N–H and O–H groups in total. The van der Waals surface area contributed by atoms with E-state index in [4.69, 9.17) is 27.2 Å². The highest BCUT2D eigenvalue weighted by Gasteiger charge is 2.18. The molecule has 1 aromatic carbocycles. The van der Waals surface area contributed by atoms with Gasteiger partial charge in [0.15, 0.2) is 6.61 Å². The summed E-state index contributed by atoms with van der Waals surface area (Å²) in [4.78, 5) is 19.1. The van der Waals surface area contributed by atoms with E-state index in [1.54, 1.807) is 48.8 Å². The molecule has 0 unspecified atom stereocenters. The molecule has 0 aliphatic carbocycles. The smallest absolute Gasteiger partial charge is 0.341 e. The average Bonchev–Trinajstić information content (AvgIpc) is 2.67. The molecule has 0 saturated carbocycles. The average molecular weight is 381 g/mol. The fraction of sp³-hybridized carbons (Fsp3) is 0.0526. The number of nitrogen functional groups attached to an aromatic ring is 1. The minimum absolute atomic E-state index is 0.0472. The fourth-order valence-corrected chi connectivity index (χ4v) is 2.72. The van der Waals surface area contributed by atoms with Gasteiger partial charge in [-0.1, -0.05) is 11.6 Å². The first-order valence-corrected chi connectivity index (χ1v) is 8.13. The molecule has 0 amide bonds. The number of nitrogens with two attached hydrogens (primary N) is 1. The molecule has 8 heteroatoms. The summed E-state index contributed by atoms with van der Waals surface area (Å²) >= 11 is 6.11. The highest BCUT2D eigenvalue weighted by atomic mass is 35.5. The number of anilines is 1. The summed E-state index contributed by atoms with van der Waals surface area (Å²) in [7, 11) is 0. The van der Waals surface area contributed by atoms with Crippen LogP contribution in [0.15, 0.2) is 48.8 Å². The van der Waals surface area contributed by atoms with Crippen LogP contribution >= 0.6 is 11.6 Å². The monoisotopic (exact) mass is 380 g/mol. The van der Waals surface area contributed by atoms with E-state index >= 15 is 0 Å². The number of hydrogen-bond donors (Lipinski definition) is 2. The van der Waals surface area contributed by atoms with Crippen molar-refractivity contribution in [1.82, 2.24) is 9.97 Å². The molecular weight excluding hydrogens is 368 g/mol. The summed E-state index contributed by atoms with van der Waals surface area (Å²) in [5, 5.41) is 18.8. The lowest BCUT2D eigenvalue weighted by atomic mass is 9.98. The van der Waals surface area contributed by atoms with Crippen molar-refractivity contribution in [3.63, 3.8) is 0 Å². The molecule has 3 rings (SSSR count). The maximum atomic E-state index is 10.9. The Labute approximate surface area is 159 Å². The number of pyridine rings is 2. The van der Waals surface area contributed by atoms with Gasteiger partial charge < -0.3 is 15.6 Å². The number of benzene rings is 1. The Morgan fingerprint density at radius 3 is 2.63 bits per heavy atom. The lowest BCUT2D eigenvalue weighted by molar-refractivity contribution is -0.139. The van der Waals surface area contributed by atoms with Crippen molar-refractivity contribution in [3.8, 4) is 34.2 Å². The van der Waals surface area contributed by atoms with Crippen molar-refractivity contribution in [1.29, 1.82) is 5.26 Å². The maximum Gasteiger partial charge on any atom is 0.341 e. The van der Waals surface area contributed by atoms with Gasteiger partial charge in [0.2, 0.25) is 0 Å². The van der Waals surface area contributed by atoms with Crippen molar-refractivity contribution < 1.29 is 14.6 Å². The van der Waals surface area contributed by atoms with E-state index in [1.807, 2.05) is 6.07 Å². The quantitative estimate of drug-likeness (QED) is 0.695. The first kappa shape index (κ1) is 18.2. The van der Waals surface area contributed by atoms with Gasteiger partial charge in [-0.05, 0) is 36.4 Å². The van der Waals surface area contributed by atoms with Crippen molar-refractivity contribution >= 4 is 23.4 Å². The topological polar surface area (TPSA) is 122 Å². The SMILES string of the molecule is N#Cc1c(-c2cc(Cl)ccc2OCC(=O)O)cc(-c2ccncc2)nc1N. The maximum absolute atomic E-state index is 10.9. The number of hydrogen-bond acceptors (Lipinski definition) is 6. The summed E-state index contributed by atoms with van der Waals surface area (Å²) < 4.78 is 5.35. The van der Waals surface area contributed by atoms with Crippen molar-refractivity contribution in [2.24, 2.45) is 0 Å². The zero-order valence-electron chi connectivity index (χ0n) is 13.9. The van der Waals surface area contributed by atoms with E-state index in [9.17, 15) is 10.1 Å². The van der Waals surface area contributed by atoms with Crippen LogP contribution in [0.2, 0.25) is 5.02 Å². The van der Waals surface area contributed by atoms with Gasteiger partial charge in [0, 0.05) is 34.1 Å². The fourth-order valence-electron chi connectivity index (χ4n) is 2.54. The van der Waals surface area contributed by atoms with Crippen LogP contribution in [0.3, 0.4) is 0 Å². The van der Waals surface area contributed by atoms with Gasteiger partial charge in [-0.2, -0.15) is 5.26 Å². The van der Waals surface area contributed by atoms with Crippen LogP contribution in [0.5, 0.6) is 5.75 Å². The summed E-state index contributed by atoms with van der Waals surface area (Å²) in [6.45, 7) is -0.533. The highest BCUT2D eigenvalue weighted by Crippen LogP contribution is 2.38. The van der Waals surface area contributed by atoms with Gasteiger partial charge in [0.05, 0.1) is 5.69 Å². The molecule has 0 saturated heterocycles. The molecule has 0 aliphatic heterocycles. The summed E-state index contributed by atoms with van der Waals surface area (Å²) in [6.07, 6.45) is 3.23. The van der Waals surface area contributed by atoms with Gasteiger partial charge in [0.1, 0.15) is 23.2 Å². The Hall–Kier alpha value is -3.63. The normalized spacial score (nSPS) is 10.2. The van der Waals surface area contributed by atoms with Crippen LogP contribution in [-0.4, -0.2) is 27.7 Å². The van der Waals surface area contributed by atoms with E-state index in [2.05, 4.69) is 9.97 Å². The zero-order chi connectivity index (χ0) is 19.4. The standard InChI is InChI=1S/C19H13ClN4O3/c20-12-1-2-17(27-10-18(25)26)14(7-12)13-8-16(11-3-5-23-6-4-11)24-19(22)15(13)9-21/h1-8H,10H2,(H2,22,24)(H,25,26). The Morgan fingerprint density at radius 1 is 1.22 bits per heavy atom. The summed E-state index contributed by atoms with van der Waals surface area (Å²) in [6, 6.07) is 12.0. The lowest BCUT2D eigenvalue weighted by Gasteiger charge is -2.14. The molecule has 7 nitrogen and oxygen atoms in total. The van der Waals surface area contributed by atoms with Gasteiger partial charge in [-0.3, -0.25) is 4.98 Å². The molecule has 0 spiro atoms. The van der Waals surface area contributed by atoms with E-state index in [0.717, 1.165) is 5.56 Å². The number of nitriles is 1. The predicted molar refractivity (Wildman–Crippen MR) is 100 cm³/mol. The van der Waals surface area contributed by atoms with E-state index in [0.29, 0.717) is 21.8 Å². The van der Waals surface area contributed by atoms with E-state index < -0.39 is 12.6 Å². The van der Waals surface area contributed by atoms with Gasteiger partial charge in [-0.15, -0.1) is 0 Å². The molecule has 3 aromatic rings. The van der Waals surface area contributed by atoms with Crippen LogP contribution in [0.25, 0.3) is 22.4 Å². The molecule has 0 fully saturated rings. The predicted octanol–water partition coefficient (Wildman–Crippen LogP) is 3.38. The number of halogens is 1. The number of aromatic nitrogens is 2. The number of nitrogens with zero attached hydrogens (tertiary/aromatic N) is 3. The van der Waals surface area contributed by atoms with Crippen molar-refractivity contribution in [3.05, 3.63) is 59.4 Å². The van der Waals surface area contributed by atoms with E-state index in [1.165, 1.54) is 0 Å². The minimum Gasteiger partial charge on any atom is -0.481 e. The number of ether oxygens (including phenoxy) is 1. The first-order valence-electron chi connectivity index (χ1n) is 7.75. The highest BCUT2D eigenvalue weighted by molar-refractivity contribution is 6.31. The van der Waals surface area contributed by atoms with Gasteiger partial charge in [-0.25, -0.2) is 9.78 Å². The Kier molecular flexibility index (Phi) is 5.20. The van der Waals surface area contributed by atoms with Crippen molar-refractivity contribution in [2.75, 3.05) is 12.3 Å². The Morgan fingerprint density at radius 2 is 1.96 bits per heavy atom. The molecular formula is C19H13ClN4O3. The molecule has 0 aliphatic rings. The number of rotatable bonds is 5. The molecule has 2 heterocycles. The Balaban J connectivity index is 2.21. The third-order valence-electron chi connectivity index (χ3n) is 3.72. The van der Waals surface area contributed by atoms with E-state index in [-0.39, 0.29) is 17.1 Å². The molecule has 2 aromatic heterocycles. The van der Waals surface area contributed by atoms with Crippen LogP contribution in [0, 0.1) is 11.3 Å². The lowest BCUT2D eigenvalue weighted by Crippen LogP contribution is -2.10. The molecule has 27 heavy (non-hydrogen) atoms. The minimum atomic E-state index is -1.12. The van der Waals surface area contributed by atoms with Crippen LogP contribution in [-0.2, 0) is 4.79 Å². The molecule has 0 radical (unpaired) electrons. The second-order valence-corrected chi connectivity index (χ2v) is 5.92. The third-order valence-corrected chi connectivity index (χ3v) is 3.95. The number of aliphatic carboxylic acids is 1. The second-order valence-electron chi connectivity index (χ2n) is 5.49. The van der Waals surface area contributed by atoms with Crippen LogP contribution in [0.4, 0.5) is 5.82 Å². The van der Waals surface area contributed by atoms with Crippen LogP contribution < -0.4 is 10.5 Å². The molecule has 0 bridgehead atoms. The second kappa shape index (κ2) is 7.72. The van der Waals surface area contributed by atoms with Gasteiger partial charge >= 0.3 is 5.97 Å². The van der Waals surface area contributed by atoms with Crippen molar-refractivity contribution in [2.45, 2.75) is 0 Å². The summed E-state index contributed by atoms with van der Waals surface area (Å²) in [5.74, 6) is -0.807. The third kappa shape index (κ3) is 3.97. The van der Waals surface area contributed by atoms with Gasteiger partial charge in [0.25, 0.3) is 0 Å². The summed E-state index contributed by atoms with van der Waals surface area (Å²) in [5.41, 5.74) is 8.34. The Bertz CT molecular complexity index is 1050. The number of carboxylic acids is 1. The molecule has 0 atom stereocenters. The van der Waals surface area contributed by atoms with Crippen LogP contribution in [0.1, 0.15) is 5.56 Å². The first-order chi connectivity index (χ1) is 13.0. The number of carbonyl (C=O) groups is 1. The molecule has 134 valence electrons. The zero-order valence-corrected chi connectivity index (χ0v) is 14.6.